The number of anilines is 2. The topological polar surface area (TPSA) is 46.3 Å². The van der Waals surface area contributed by atoms with Crippen LogP contribution in [0.25, 0.3) is 0 Å². The minimum atomic E-state index is 0.0963. The van der Waals surface area contributed by atoms with Gasteiger partial charge in [-0.05, 0) is 54.5 Å². The number of nitrogens with zero attached hydrogens (tertiary/aromatic N) is 1. The number of hydrogen-bond acceptors (Lipinski definition) is 3. The summed E-state index contributed by atoms with van der Waals surface area (Å²) in [6.45, 7) is 2.75. The molecule has 4 heteroatoms. The molecule has 1 aliphatic heterocycles. The van der Waals surface area contributed by atoms with Crippen LogP contribution >= 0.6 is 11.3 Å². The van der Waals surface area contributed by atoms with E-state index in [2.05, 4.69) is 0 Å². The summed E-state index contributed by atoms with van der Waals surface area (Å²) in [6, 6.07) is 7.84. The highest BCUT2D eigenvalue weighted by Gasteiger charge is 2.25. The summed E-state index contributed by atoms with van der Waals surface area (Å²) in [4.78, 5) is 15.3. The van der Waals surface area contributed by atoms with Gasteiger partial charge in [-0.1, -0.05) is 6.07 Å². The summed E-state index contributed by atoms with van der Waals surface area (Å²) in [5.41, 5.74) is 9.80. The summed E-state index contributed by atoms with van der Waals surface area (Å²) < 4.78 is 0. The lowest BCUT2D eigenvalue weighted by Crippen LogP contribution is -2.35. The quantitative estimate of drug-likeness (QED) is 0.810. The van der Waals surface area contributed by atoms with Crippen LogP contribution in [0.15, 0.2) is 29.6 Å². The van der Waals surface area contributed by atoms with Gasteiger partial charge >= 0.3 is 0 Å². The van der Waals surface area contributed by atoms with Gasteiger partial charge in [0.25, 0.3) is 5.91 Å². The molecule has 1 amide bonds. The number of amides is 1. The Bertz CT molecular complexity index is 633. The number of fused-ring (bicyclic) bond motifs is 1. The Morgan fingerprint density at radius 1 is 1.37 bits per heavy atom. The number of aryl methyl sites for hydroxylation is 2. The predicted molar refractivity (Wildman–Crippen MR) is 79.9 cm³/mol. The first-order valence-electron chi connectivity index (χ1n) is 6.41. The van der Waals surface area contributed by atoms with Gasteiger partial charge in [-0.25, -0.2) is 0 Å². The molecule has 0 aliphatic carbocycles. The lowest BCUT2D eigenvalue weighted by atomic mass is 10.0. The molecule has 1 aromatic carbocycles. The monoisotopic (exact) mass is 272 g/mol. The lowest BCUT2D eigenvalue weighted by Gasteiger charge is -2.29. The highest BCUT2D eigenvalue weighted by molar-refractivity contribution is 7.12. The lowest BCUT2D eigenvalue weighted by molar-refractivity contribution is 0.0988. The number of carbonyl (C=O) groups excluding carboxylic acids is 1. The van der Waals surface area contributed by atoms with E-state index < -0.39 is 0 Å². The van der Waals surface area contributed by atoms with Gasteiger partial charge in [0.15, 0.2) is 0 Å². The van der Waals surface area contributed by atoms with Gasteiger partial charge in [0.1, 0.15) is 0 Å². The Hall–Kier alpha value is -1.81. The first-order chi connectivity index (χ1) is 9.16. The van der Waals surface area contributed by atoms with Crippen LogP contribution in [0.4, 0.5) is 11.4 Å². The Balaban J connectivity index is 2.02. The molecule has 3 nitrogen and oxygen atoms in total. The molecule has 2 N–H and O–H groups in total. The number of benzene rings is 1. The van der Waals surface area contributed by atoms with Crippen LogP contribution in [-0.2, 0) is 6.42 Å². The fourth-order valence-electron chi connectivity index (χ4n) is 2.52. The molecule has 0 bridgehead atoms. The summed E-state index contributed by atoms with van der Waals surface area (Å²) in [5, 5.41) is 1.97. The summed E-state index contributed by atoms with van der Waals surface area (Å²) in [5.74, 6) is 0.0963. The van der Waals surface area contributed by atoms with Crippen molar-refractivity contribution in [2.24, 2.45) is 0 Å². The zero-order valence-electron chi connectivity index (χ0n) is 10.8. The van der Waals surface area contributed by atoms with Gasteiger partial charge in [0.05, 0.1) is 4.88 Å². The van der Waals surface area contributed by atoms with E-state index in [4.69, 9.17) is 5.73 Å². The third kappa shape index (κ3) is 2.12. The molecule has 2 heterocycles. The highest BCUT2D eigenvalue weighted by Crippen LogP contribution is 2.31. The molecular weight excluding hydrogens is 256 g/mol. The molecule has 1 aromatic heterocycles. The molecule has 0 saturated heterocycles. The molecule has 0 spiro atoms. The first-order valence-corrected chi connectivity index (χ1v) is 7.29. The molecule has 0 radical (unpaired) electrons. The maximum Gasteiger partial charge on any atom is 0.268 e. The Labute approximate surface area is 116 Å². The second kappa shape index (κ2) is 4.70. The van der Waals surface area contributed by atoms with E-state index >= 15 is 0 Å². The van der Waals surface area contributed by atoms with Crippen molar-refractivity contribution in [3.05, 3.63) is 45.6 Å². The fourth-order valence-corrected chi connectivity index (χ4v) is 3.39. The normalized spacial score (nSPS) is 14.3. The van der Waals surface area contributed by atoms with Gasteiger partial charge in [-0.3, -0.25) is 4.79 Å². The van der Waals surface area contributed by atoms with Crippen LogP contribution < -0.4 is 10.6 Å². The first kappa shape index (κ1) is 12.2. The number of hydrogen-bond donors (Lipinski definition) is 1. The van der Waals surface area contributed by atoms with Crippen molar-refractivity contribution in [1.29, 1.82) is 0 Å². The van der Waals surface area contributed by atoms with Crippen LogP contribution in [0.5, 0.6) is 0 Å². The van der Waals surface area contributed by atoms with E-state index in [1.165, 1.54) is 16.9 Å². The van der Waals surface area contributed by atoms with Crippen molar-refractivity contribution in [1.82, 2.24) is 0 Å². The second-order valence-corrected chi connectivity index (χ2v) is 5.80. The highest BCUT2D eigenvalue weighted by atomic mass is 32.1. The van der Waals surface area contributed by atoms with Crippen LogP contribution in [-0.4, -0.2) is 12.5 Å². The van der Waals surface area contributed by atoms with Gasteiger partial charge in [0, 0.05) is 17.9 Å². The van der Waals surface area contributed by atoms with Crippen molar-refractivity contribution < 1.29 is 4.79 Å². The maximum absolute atomic E-state index is 12.7. The van der Waals surface area contributed by atoms with E-state index in [-0.39, 0.29) is 5.91 Å². The molecule has 0 atom stereocenters. The molecule has 98 valence electrons. The fraction of sp³-hybridized carbons (Fsp3) is 0.267. The number of rotatable bonds is 1. The van der Waals surface area contributed by atoms with Crippen molar-refractivity contribution in [2.45, 2.75) is 19.8 Å². The molecule has 0 saturated carbocycles. The van der Waals surface area contributed by atoms with Gasteiger partial charge < -0.3 is 10.6 Å². The summed E-state index contributed by atoms with van der Waals surface area (Å²) >= 11 is 1.51. The smallest absolute Gasteiger partial charge is 0.268 e. The van der Waals surface area contributed by atoms with E-state index in [1.807, 2.05) is 41.5 Å². The zero-order valence-corrected chi connectivity index (χ0v) is 11.7. The van der Waals surface area contributed by atoms with Crippen LogP contribution in [0.3, 0.4) is 0 Å². The van der Waals surface area contributed by atoms with E-state index in [0.29, 0.717) is 5.69 Å². The van der Waals surface area contributed by atoms with E-state index in [1.54, 1.807) is 0 Å². The molecule has 19 heavy (non-hydrogen) atoms. The van der Waals surface area contributed by atoms with Crippen LogP contribution in [0, 0.1) is 6.92 Å². The zero-order chi connectivity index (χ0) is 13.4. The van der Waals surface area contributed by atoms with Crippen LogP contribution in [0.1, 0.15) is 27.2 Å². The van der Waals surface area contributed by atoms with Gasteiger partial charge in [-0.15, -0.1) is 11.3 Å². The van der Waals surface area contributed by atoms with Crippen molar-refractivity contribution >= 4 is 28.6 Å². The second-order valence-electron chi connectivity index (χ2n) is 4.88. The molecule has 2 aromatic rings. The minimum Gasteiger partial charge on any atom is -0.399 e. The van der Waals surface area contributed by atoms with E-state index in [0.717, 1.165) is 35.5 Å². The molecule has 0 fully saturated rings. The molecular formula is C15H16N2OS. The third-order valence-electron chi connectivity index (χ3n) is 3.53. The number of thiophene rings is 1. The third-order valence-corrected chi connectivity index (χ3v) is 4.53. The summed E-state index contributed by atoms with van der Waals surface area (Å²) in [7, 11) is 0. The maximum atomic E-state index is 12.7. The Morgan fingerprint density at radius 3 is 2.95 bits per heavy atom. The van der Waals surface area contributed by atoms with Gasteiger partial charge in [0.2, 0.25) is 0 Å². The largest absolute Gasteiger partial charge is 0.399 e. The standard InChI is InChI=1S/C15H16N2OS/c1-10-6-8-19-14(10)15(18)17-7-2-3-11-4-5-12(16)9-13(11)17/h4-6,8-9H,2-3,7,16H2,1H3. The van der Waals surface area contributed by atoms with Crippen molar-refractivity contribution in [3.63, 3.8) is 0 Å². The Morgan fingerprint density at radius 2 is 2.21 bits per heavy atom. The molecule has 0 unspecified atom stereocenters. The number of nitrogens with two attached hydrogens (primary N) is 1. The summed E-state index contributed by atoms with van der Waals surface area (Å²) in [6.07, 6.45) is 2.02. The average Bonchev–Trinajstić information content (AvgIpc) is 2.83. The average molecular weight is 272 g/mol. The Kier molecular flexibility index (Phi) is 3.03. The predicted octanol–water partition coefficient (Wildman–Crippen LogP) is 3.23. The minimum absolute atomic E-state index is 0.0963. The number of carbonyl (C=O) groups is 1. The van der Waals surface area contributed by atoms with E-state index in [9.17, 15) is 4.79 Å². The SMILES string of the molecule is Cc1ccsc1C(=O)N1CCCc2ccc(N)cc21. The molecule has 3 rings (SSSR count). The number of nitrogen functional groups attached to an aromatic ring is 1. The van der Waals surface area contributed by atoms with Crippen LogP contribution in [0.2, 0.25) is 0 Å². The van der Waals surface area contributed by atoms with Crippen molar-refractivity contribution in [3.8, 4) is 0 Å². The van der Waals surface area contributed by atoms with Crippen molar-refractivity contribution in [2.75, 3.05) is 17.2 Å². The van der Waals surface area contributed by atoms with Gasteiger partial charge in [-0.2, -0.15) is 0 Å². The molecule has 1 aliphatic rings.